The molecule has 0 saturated carbocycles. The van der Waals surface area contributed by atoms with Crippen molar-refractivity contribution >= 4 is 11.8 Å². The molecule has 2 rings (SSSR count). The Bertz CT molecular complexity index is 704. The molecule has 0 spiro atoms. The van der Waals surface area contributed by atoms with Gasteiger partial charge < -0.3 is 20.5 Å². The Hall–Kier alpha value is -3.09. The van der Waals surface area contributed by atoms with Gasteiger partial charge in [0.2, 0.25) is 5.91 Å². The van der Waals surface area contributed by atoms with Crippen LogP contribution in [0.5, 0.6) is 11.5 Å². The molecule has 0 atom stereocenters. The zero-order valence-corrected chi connectivity index (χ0v) is 12.8. The Kier molecular flexibility index (Phi) is 6.13. The number of rotatable bonds is 8. The quantitative estimate of drug-likeness (QED) is 0.717. The Morgan fingerprint density at radius 1 is 1.00 bits per heavy atom. The highest BCUT2D eigenvalue weighted by Gasteiger charge is 2.07. The number of amides is 2. The molecule has 0 aromatic heterocycles. The highest BCUT2D eigenvalue weighted by Crippen LogP contribution is 2.14. The minimum absolute atomic E-state index is 0.227. The van der Waals surface area contributed by atoms with Crippen molar-refractivity contribution in [2.24, 2.45) is 5.73 Å². The summed E-state index contributed by atoms with van der Waals surface area (Å²) in [5.74, 6) is -0.329. The van der Waals surface area contributed by atoms with E-state index in [0.29, 0.717) is 17.1 Å². The first-order valence-electron chi connectivity index (χ1n) is 7.22. The summed E-state index contributed by atoms with van der Waals surface area (Å²) in [6.45, 7) is 0.295. The standard InChI is InChI=1S/C17H17FN2O4/c18-13-4-6-14(7-5-13)23-8-9-24-15-3-1-2-12(10-15)17(22)20-11-16(19)21/h1-7,10H,8-9,11H2,(H2,19,21)(H,20,22). The van der Waals surface area contributed by atoms with E-state index in [0.717, 1.165) is 0 Å². The molecule has 0 radical (unpaired) electrons. The van der Waals surface area contributed by atoms with Crippen molar-refractivity contribution in [3.63, 3.8) is 0 Å². The molecule has 126 valence electrons. The van der Waals surface area contributed by atoms with Gasteiger partial charge in [-0.1, -0.05) is 6.07 Å². The number of halogens is 1. The van der Waals surface area contributed by atoms with Crippen molar-refractivity contribution in [2.75, 3.05) is 19.8 Å². The van der Waals surface area contributed by atoms with Gasteiger partial charge in [0.25, 0.3) is 5.91 Å². The minimum Gasteiger partial charge on any atom is -0.490 e. The smallest absolute Gasteiger partial charge is 0.251 e. The first kappa shape index (κ1) is 17.3. The number of nitrogens with one attached hydrogen (secondary N) is 1. The van der Waals surface area contributed by atoms with Crippen LogP contribution < -0.4 is 20.5 Å². The van der Waals surface area contributed by atoms with Crippen molar-refractivity contribution in [1.29, 1.82) is 0 Å². The fourth-order valence-corrected chi connectivity index (χ4v) is 1.85. The third kappa shape index (κ3) is 5.60. The van der Waals surface area contributed by atoms with Gasteiger partial charge in [-0.25, -0.2) is 4.39 Å². The summed E-state index contributed by atoms with van der Waals surface area (Å²) >= 11 is 0. The first-order valence-corrected chi connectivity index (χ1v) is 7.22. The molecule has 0 fully saturated rings. The van der Waals surface area contributed by atoms with E-state index in [-0.39, 0.29) is 25.6 Å². The van der Waals surface area contributed by atoms with Gasteiger partial charge in [-0.15, -0.1) is 0 Å². The Morgan fingerprint density at radius 2 is 1.67 bits per heavy atom. The predicted molar refractivity (Wildman–Crippen MR) is 85.4 cm³/mol. The molecule has 2 amide bonds. The highest BCUT2D eigenvalue weighted by molar-refractivity contribution is 5.96. The molecule has 0 aliphatic rings. The summed E-state index contributed by atoms with van der Waals surface area (Å²) in [5, 5.41) is 2.39. The van der Waals surface area contributed by atoms with Crippen LogP contribution in [-0.4, -0.2) is 31.6 Å². The number of hydrogen-bond donors (Lipinski definition) is 2. The number of carbonyl (C=O) groups excluding carboxylic acids is 2. The molecule has 0 aliphatic heterocycles. The van der Waals surface area contributed by atoms with Crippen molar-refractivity contribution in [3.8, 4) is 11.5 Å². The van der Waals surface area contributed by atoms with E-state index in [9.17, 15) is 14.0 Å². The molecule has 0 unspecified atom stereocenters. The Balaban J connectivity index is 1.80. The van der Waals surface area contributed by atoms with Crippen LogP contribution >= 0.6 is 0 Å². The number of benzene rings is 2. The lowest BCUT2D eigenvalue weighted by Crippen LogP contribution is -2.33. The van der Waals surface area contributed by atoms with Gasteiger partial charge in [-0.2, -0.15) is 0 Å². The van der Waals surface area contributed by atoms with E-state index >= 15 is 0 Å². The zero-order valence-electron chi connectivity index (χ0n) is 12.8. The molecule has 0 heterocycles. The predicted octanol–water partition coefficient (Wildman–Crippen LogP) is 1.50. The van der Waals surface area contributed by atoms with Gasteiger partial charge >= 0.3 is 0 Å². The monoisotopic (exact) mass is 332 g/mol. The average molecular weight is 332 g/mol. The number of primary amides is 1. The molecule has 0 aliphatic carbocycles. The molecule has 6 nitrogen and oxygen atoms in total. The number of nitrogens with two attached hydrogens (primary N) is 1. The maximum absolute atomic E-state index is 12.8. The van der Waals surface area contributed by atoms with E-state index in [2.05, 4.69) is 5.32 Å². The maximum atomic E-state index is 12.8. The van der Waals surface area contributed by atoms with Crippen molar-refractivity contribution in [2.45, 2.75) is 0 Å². The SMILES string of the molecule is NC(=O)CNC(=O)c1cccc(OCCOc2ccc(F)cc2)c1. The fraction of sp³-hybridized carbons (Fsp3) is 0.176. The summed E-state index contributed by atoms with van der Waals surface area (Å²) in [5.41, 5.74) is 5.33. The molecule has 7 heteroatoms. The Morgan fingerprint density at radius 3 is 2.33 bits per heavy atom. The van der Waals surface area contributed by atoms with Crippen LogP contribution in [0.15, 0.2) is 48.5 Å². The molecule has 24 heavy (non-hydrogen) atoms. The van der Waals surface area contributed by atoms with Crippen LogP contribution in [0.3, 0.4) is 0 Å². The minimum atomic E-state index is -0.617. The normalized spacial score (nSPS) is 10.0. The van der Waals surface area contributed by atoms with E-state index in [1.807, 2.05) is 0 Å². The van der Waals surface area contributed by atoms with E-state index in [1.165, 1.54) is 24.3 Å². The molecule has 0 bridgehead atoms. The molecule has 2 aromatic carbocycles. The summed E-state index contributed by atoms with van der Waals surface area (Å²) in [6.07, 6.45) is 0. The number of ether oxygens (including phenoxy) is 2. The molecule has 2 aromatic rings. The Labute approximate surface area is 138 Å². The topological polar surface area (TPSA) is 90.7 Å². The van der Waals surface area contributed by atoms with Gasteiger partial charge in [-0.05, 0) is 42.5 Å². The van der Waals surface area contributed by atoms with Crippen LogP contribution in [-0.2, 0) is 4.79 Å². The van der Waals surface area contributed by atoms with Crippen LogP contribution in [0, 0.1) is 5.82 Å². The summed E-state index contributed by atoms with van der Waals surface area (Å²) in [4.78, 5) is 22.5. The van der Waals surface area contributed by atoms with Gasteiger partial charge in [0.05, 0.1) is 6.54 Å². The summed E-state index contributed by atoms with van der Waals surface area (Å²) in [6, 6.07) is 12.2. The van der Waals surface area contributed by atoms with Gasteiger partial charge in [-0.3, -0.25) is 9.59 Å². The second-order valence-electron chi connectivity index (χ2n) is 4.83. The van der Waals surface area contributed by atoms with Gasteiger partial charge in [0.1, 0.15) is 30.5 Å². The summed E-state index contributed by atoms with van der Waals surface area (Å²) < 4.78 is 23.7. The van der Waals surface area contributed by atoms with E-state index in [1.54, 1.807) is 24.3 Å². The second-order valence-corrected chi connectivity index (χ2v) is 4.83. The second kappa shape index (κ2) is 8.52. The maximum Gasteiger partial charge on any atom is 0.251 e. The van der Waals surface area contributed by atoms with Gasteiger partial charge in [0, 0.05) is 5.56 Å². The first-order chi connectivity index (χ1) is 11.5. The number of hydrogen-bond acceptors (Lipinski definition) is 4. The molecular formula is C17H17FN2O4. The van der Waals surface area contributed by atoms with Crippen LogP contribution in [0.1, 0.15) is 10.4 Å². The molecular weight excluding hydrogens is 315 g/mol. The average Bonchev–Trinajstić information content (AvgIpc) is 2.58. The third-order valence-corrected chi connectivity index (χ3v) is 2.95. The fourth-order valence-electron chi connectivity index (χ4n) is 1.85. The lowest BCUT2D eigenvalue weighted by Gasteiger charge is -2.09. The van der Waals surface area contributed by atoms with Crippen LogP contribution in [0.25, 0.3) is 0 Å². The largest absolute Gasteiger partial charge is 0.490 e. The van der Waals surface area contributed by atoms with Crippen molar-refractivity contribution < 1.29 is 23.5 Å². The number of carbonyl (C=O) groups is 2. The molecule has 0 saturated heterocycles. The zero-order chi connectivity index (χ0) is 17.4. The molecule has 3 N–H and O–H groups in total. The van der Waals surface area contributed by atoms with Crippen LogP contribution in [0.2, 0.25) is 0 Å². The lowest BCUT2D eigenvalue weighted by molar-refractivity contribution is -0.117. The van der Waals surface area contributed by atoms with Crippen LogP contribution in [0.4, 0.5) is 4.39 Å². The lowest BCUT2D eigenvalue weighted by atomic mass is 10.2. The third-order valence-electron chi connectivity index (χ3n) is 2.95. The van der Waals surface area contributed by atoms with E-state index in [4.69, 9.17) is 15.2 Å². The van der Waals surface area contributed by atoms with E-state index < -0.39 is 11.8 Å². The summed E-state index contributed by atoms with van der Waals surface area (Å²) in [7, 11) is 0. The highest BCUT2D eigenvalue weighted by atomic mass is 19.1. The van der Waals surface area contributed by atoms with Gasteiger partial charge in [0.15, 0.2) is 0 Å². The van der Waals surface area contributed by atoms with Crippen molar-refractivity contribution in [1.82, 2.24) is 5.32 Å². The van der Waals surface area contributed by atoms with Crippen molar-refractivity contribution in [3.05, 3.63) is 59.9 Å².